The summed E-state index contributed by atoms with van der Waals surface area (Å²) in [7, 11) is 0. The van der Waals surface area contributed by atoms with Gasteiger partial charge < -0.3 is 14.8 Å². The Morgan fingerprint density at radius 3 is 2.72 bits per heavy atom. The predicted octanol–water partition coefficient (Wildman–Crippen LogP) is 3.95. The number of aryl methyl sites for hydroxylation is 1. The molecule has 274 valence electrons. The van der Waals surface area contributed by atoms with Crippen LogP contribution in [-0.4, -0.2) is 78.9 Å². The molecule has 3 aliphatic rings. The number of aromatic nitrogens is 5. The SMILES string of the molecule is Cc1nnc2n1-c1sc(C#Cc3cnn(CCOCCNc4cccc5c4C(=O)N(C4CCC(=O)NC4=O)C5=O)c3)c(Cc3ccccc3)c1CO[C@H]2C. The smallest absolute Gasteiger partial charge is 0.264 e. The molecule has 1 unspecified atom stereocenters. The van der Waals surface area contributed by atoms with E-state index in [1.165, 1.54) is 5.56 Å². The number of amides is 4. The van der Waals surface area contributed by atoms with Crippen molar-refractivity contribution in [3.63, 3.8) is 0 Å². The van der Waals surface area contributed by atoms with Crippen LogP contribution in [0.3, 0.4) is 0 Å². The van der Waals surface area contributed by atoms with Gasteiger partial charge in [-0.25, -0.2) is 0 Å². The van der Waals surface area contributed by atoms with Gasteiger partial charge in [0.25, 0.3) is 11.8 Å². The lowest BCUT2D eigenvalue weighted by molar-refractivity contribution is -0.136. The highest BCUT2D eigenvalue weighted by Gasteiger charge is 2.45. The third kappa shape index (κ3) is 6.71. The summed E-state index contributed by atoms with van der Waals surface area (Å²) in [4.78, 5) is 52.3. The Kier molecular flexibility index (Phi) is 9.63. The summed E-state index contributed by atoms with van der Waals surface area (Å²) in [6.07, 6.45) is 4.33. The quantitative estimate of drug-likeness (QED) is 0.122. The summed E-state index contributed by atoms with van der Waals surface area (Å²) < 4.78 is 15.9. The summed E-state index contributed by atoms with van der Waals surface area (Å²) in [6, 6.07) is 14.3. The number of carbonyl (C=O) groups is 4. The average molecular weight is 745 g/mol. The molecule has 5 aromatic rings. The molecule has 3 aromatic heterocycles. The normalized spacial score (nSPS) is 17.7. The van der Waals surface area contributed by atoms with Crippen molar-refractivity contribution in [3.05, 3.63) is 111 Å². The molecule has 0 bridgehead atoms. The Balaban J connectivity index is 0.890. The number of ether oxygens (including phenoxy) is 2. The molecule has 6 heterocycles. The molecule has 2 aromatic carbocycles. The van der Waals surface area contributed by atoms with Crippen LogP contribution >= 0.6 is 11.3 Å². The van der Waals surface area contributed by atoms with Gasteiger partial charge in [-0.2, -0.15) is 5.10 Å². The van der Waals surface area contributed by atoms with Crippen molar-refractivity contribution in [2.75, 3.05) is 25.1 Å². The van der Waals surface area contributed by atoms with Gasteiger partial charge in [-0.1, -0.05) is 48.2 Å². The van der Waals surface area contributed by atoms with Crippen molar-refractivity contribution in [3.8, 4) is 16.8 Å². The second kappa shape index (κ2) is 14.8. The maximum Gasteiger partial charge on any atom is 0.264 e. The number of benzene rings is 2. The Morgan fingerprint density at radius 1 is 1.04 bits per heavy atom. The minimum Gasteiger partial charge on any atom is -0.382 e. The average Bonchev–Trinajstić information content (AvgIpc) is 3.91. The van der Waals surface area contributed by atoms with Gasteiger partial charge in [0, 0.05) is 30.4 Å². The molecule has 54 heavy (non-hydrogen) atoms. The zero-order valence-corrected chi connectivity index (χ0v) is 30.4. The van der Waals surface area contributed by atoms with Crippen molar-refractivity contribution >= 4 is 40.7 Å². The lowest BCUT2D eigenvalue weighted by atomic mass is 10.0. The summed E-state index contributed by atoms with van der Waals surface area (Å²) in [5.41, 5.74) is 5.12. The zero-order chi connectivity index (χ0) is 37.3. The topological polar surface area (TPSA) is 163 Å². The lowest BCUT2D eigenvalue weighted by Crippen LogP contribution is -2.54. The molecule has 1 fully saturated rings. The van der Waals surface area contributed by atoms with Crippen LogP contribution < -0.4 is 10.6 Å². The zero-order valence-electron chi connectivity index (χ0n) is 29.6. The minimum atomic E-state index is -1.02. The highest BCUT2D eigenvalue weighted by atomic mass is 32.1. The minimum absolute atomic E-state index is 0.0636. The van der Waals surface area contributed by atoms with Gasteiger partial charge in [0.05, 0.1) is 54.1 Å². The molecule has 0 radical (unpaired) electrons. The molecule has 2 atom stereocenters. The van der Waals surface area contributed by atoms with E-state index in [0.29, 0.717) is 38.6 Å². The Hall–Kier alpha value is -5.95. The summed E-state index contributed by atoms with van der Waals surface area (Å²) >= 11 is 1.63. The number of hydrogen-bond acceptors (Lipinski definition) is 11. The van der Waals surface area contributed by atoms with Gasteiger partial charge in [0.2, 0.25) is 11.8 Å². The second-order valence-electron chi connectivity index (χ2n) is 13.2. The van der Waals surface area contributed by atoms with Crippen LogP contribution in [-0.2, 0) is 38.6 Å². The first-order chi connectivity index (χ1) is 26.3. The van der Waals surface area contributed by atoms with E-state index < -0.39 is 29.7 Å². The predicted molar refractivity (Wildman–Crippen MR) is 197 cm³/mol. The third-order valence-electron chi connectivity index (χ3n) is 9.66. The molecule has 15 heteroatoms. The maximum atomic E-state index is 13.3. The van der Waals surface area contributed by atoms with Crippen molar-refractivity contribution < 1.29 is 28.7 Å². The van der Waals surface area contributed by atoms with Crippen LogP contribution in [0.25, 0.3) is 5.00 Å². The van der Waals surface area contributed by atoms with Crippen molar-refractivity contribution in [1.29, 1.82) is 0 Å². The highest BCUT2D eigenvalue weighted by molar-refractivity contribution is 7.15. The van der Waals surface area contributed by atoms with Crippen LogP contribution in [0.2, 0.25) is 0 Å². The number of hydrogen-bond donors (Lipinski definition) is 2. The van der Waals surface area contributed by atoms with Crippen molar-refractivity contribution in [2.24, 2.45) is 0 Å². The molecule has 3 aliphatic heterocycles. The van der Waals surface area contributed by atoms with E-state index in [1.54, 1.807) is 40.4 Å². The van der Waals surface area contributed by atoms with Gasteiger partial charge in [0.1, 0.15) is 23.0 Å². The molecule has 4 amide bonds. The van der Waals surface area contributed by atoms with Gasteiger partial charge in [-0.05, 0) is 49.9 Å². The Morgan fingerprint density at radius 2 is 1.89 bits per heavy atom. The lowest BCUT2D eigenvalue weighted by Gasteiger charge is -2.27. The van der Waals surface area contributed by atoms with E-state index in [1.807, 2.05) is 38.2 Å². The fraction of sp³-hybridized carbons (Fsp3) is 0.308. The third-order valence-corrected chi connectivity index (χ3v) is 10.8. The number of piperidine rings is 1. The molecule has 14 nitrogen and oxygen atoms in total. The van der Waals surface area contributed by atoms with E-state index in [0.717, 1.165) is 49.5 Å². The fourth-order valence-corrected chi connectivity index (χ4v) is 8.18. The molecular weight excluding hydrogens is 709 g/mol. The van der Waals surface area contributed by atoms with E-state index in [-0.39, 0.29) is 30.1 Å². The van der Waals surface area contributed by atoms with Crippen LogP contribution in [0.15, 0.2) is 60.9 Å². The molecule has 0 aliphatic carbocycles. The number of thiophene rings is 1. The fourth-order valence-electron chi connectivity index (χ4n) is 6.94. The summed E-state index contributed by atoms with van der Waals surface area (Å²) in [6.45, 7) is 6.02. The van der Waals surface area contributed by atoms with Crippen molar-refractivity contribution in [2.45, 2.75) is 58.4 Å². The molecule has 0 spiro atoms. The first kappa shape index (κ1) is 35.1. The van der Waals surface area contributed by atoms with E-state index in [4.69, 9.17) is 9.47 Å². The van der Waals surface area contributed by atoms with Gasteiger partial charge >= 0.3 is 0 Å². The molecule has 8 rings (SSSR count). The van der Waals surface area contributed by atoms with E-state index in [2.05, 4.69) is 54.5 Å². The van der Waals surface area contributed by atoms with E-state index in [9.17, 15) is 19.2 Å². The summed E-state index contributed by atoms with van der Waals surface area (Å²) in [5.74, 6) is 6.17. The molecule has 0 saturated carbocycles. The number of nitrogens with zero attached hydrogens (tertiary/aromatic N) is 6. The maximum absolute atomic E-state index is 13.3. The molecular formula is C39H36N8O6S. The molecule has 1 saturated heterocycles. The van der Waals surface area contributed by atoms with Crippen LogP contribution in [0.5, 0.6) is 0 Å². The second-order valence-corrected chi connectivity index (χ2v) is 14.2. The number of rotatable bonds is 10. The Bertz CT molecular complexity index is 2350. The number of fused-ring (bicyclic) bond motifs is 4. The number of imide groups is 2. The highest BCUT2D eigenvalue weighted by Crippen LogP contribution is 2.39. The molecule has 2 N–H and O–H groups in total. The van der Waals surface area contributed by atoms with Gasteiger partial charge in [-0.15, -0.1) is 21.5 Å². The largest absolute Gasteiger partial charge is 0.382 e. The first-order valence-electron chi connectivity index (χ1n) is 17.7. The van der Waals surface area contributed by atoms with Crippen LogP contribution in [0, 0.1) is 18.8 Å². The monoisotopic (exact) mass is 744 g/mol. The number of anilines is 1. The standard InChI is InChI=1S/C39H36N8O6S/c1-23-35-44-43-24(2)46(35)39-29(22-53-23)28(19-25-7-4-3-5-8-25)32(54-39)13-11-26-20-41-45(21-26)16-18-52-17-15-40-30-10-6-9-27-34(30)38(51)47(37(27)50)31-12-14-33(48)42-36(31)49/h3-10,20-21,23,31,40H,12,14-19,22H2,1-2H3,(H,42,48,49)/t23-,31?/m0/s1. The van der Waals surface area contributed by atoms with Crippen molar-refractivity contribution in [1.82, 2.24) is 34.8 Å². The van der Waals surface area contributed by atoms with Crippen LogP contribution in [0.1, 0.15) is 85.4 Å². The Labute approximate surface area is 314 Å². The number of carbonyl (C=O) groups excluding carboxylic acids is 4. The van der Waals surface area contributed by atoms with Gasteiger partial charge in [-0.3, -0.25) is 38.6 Å². The van der Waals surface area contributed by atoms with Crippen LogP contribution in [0.4, 0.5) is 5.69 Å². The van der Waals surface area contributed by atoms with Gasteiger partial charge in [0.15, 0.2) is 5.82 Å². The van der Waals surface area contributed by atoms with E-state index >= 15 is 0 Å². The number of nitrogens with one attached hydrogen (secondary N) is 2. The first-order valence-corrected chi connectivity index (χ1v) is 18.5. The summed E-state index contributed by atoms with van der Waals surface area (Å²) in [5, 5.41) is 19.7.